The van der Waals surface area contributed by atoms with Crippen LogP contribution in [0.2, 0.25) is 12.1 Å². The number of halogens is 2. The van der Waals surface area contributed by atoms with Crippen LogP contribution in [0.3, 0.4) is 0 Å². The molecule has 6 aromatic carbocycles. The molecule has 0 atom stereocenters. The first-order valence-electron chi connectivity index (χ1n) is 17.8. The molecule has 0 N–H and O–H groups in total. The van der Waals surface area contributed by atoms with Crippen molar-refractivity contribution in [3.63, 3.8) is 0 Å². The number of benzene rings is 4. The monoisotopic (exact) mass is 782 g/mol. The van der Waals surface area contributed by atoms with Gasteiger partial charge in [0.05, 0.1) is 0 Å². The zero-order chi connectivity index (χ0) is 33.9. The Bertz CT molecular complexity index is 1890. The van der Waals surface area contributed by atoms with E-state index < -0.39 is 0 Å². The molecule has 258 valence electrons. The van der Waals surface area contributed by atoms with Crippen LogP contribution in [-0.2, 0) is 42.6 Å². The molecule has 0 bridgehead atoms. The maximum absolute atomic E-state index is 2.36. The molecule has 0 aliphatic rings. The molecule has 0 aromatic heterocycles. The Morgan fingerprint density at radius 2 is 0.980 bits per heavy atom. The summed E-state index contributed by atoms with van der Waals surface area (Å²) in [4.78, 5) is 0. The molecule has 0 saturated carbocycles. The van der Waals surface area contributed by atoms with E-state index in [-0.39, 0.29) is 30.2 Å². The molecule has 4 heteroatoms. The van der Waals surface area contributed by atoms with E-state index in [9.17, 15) is 0 Å². The maximum atomic E-state index is 2.36. The fourth-order valence-corrected chi connectivity index (χ4v) is 6.83. The number of rotatable bonds is 9. The first kappa shape index (κ1) is 42.9. The van der Waals surface area contributed by atoms with Crippen LogP contribution < -0.4 is 24.8 Å². The van der Waals surface area contributed by atoms with Gasteiger partial charge in [-0.15, -0.1) is 68.1 Å². The van der Waals surface area contributed by atoms with E-state index in [0.29, 0.717) is 0 Å². The van der Waals surface area contributed by atoms with E-state index in [1.807, 2.05) is 0 Å². The molecule has 0 radical (unpaired) electrons. The van der Waals surface area contributed by atoms with Gasteiger partial charge >= 0.3 is 54.7 Å². The normalized spacial score (nSPS) is 10.4. The molecule has 0 fully saturated rings. The van der Waals surface area contributed by atoms with Gasteiger partial charge in [0.1, 0.15) is 0 Å². The average molecular weight is 785 g/mol. The molecule has 0 unspecified atom stereocenters. The van der Waals surface area contributed by atoms with Gasteiger partial charge in [0.25, 0.3) is 0 Å². The van der Waals surface area contributed by atoms with E-state index in [1.54, 1.807) is 23.3 Å². The van der Waals surface area contributed by atoms with Gasteiger partial charge in [0, 0.05) is 0 Å². The number of fused-ring (bicyclic) bond motifs is 2. The third-order valence-electron chi connectivity index (χ3n) is 9.28. The Balaban J connectivity index is 0.000000283. The Morgan fingerprint density at radius 1 is 0.551 bits per heavy atom. The van der Waals surface area contributed by atoms with Crippen LogP contribution in [0.5, 0.6) is 0 Å². The van der Waals surface area contributed by atoms with Crippen molar-refractivity contribution in [2.45, 2.75) is 99.6 Å². The van der Waals surface area contributed by atoms with Crippen LogP contribution in [0.4, 0.5) is 0 Å². The summed E-state index contributed by atoms with van der Waals surface area (Å²) in [6, 6.07) is 39.4. The molecule has 6 rings (SSSR count). The minimum Gasteiger partial charge on any atom is -1.00 e. The van der Waals surface area contributed by atoms with Gasteiger partial charge in [0.2, 0.25) is 0 Å². The second-order valence-electron chi connectivity index (χ2n) is 13.0. The van der Waals surface area contributed by atoms with Crippen molar-refractivity contribution in [2.24, 2.45) is 0 Å². The van der Waals surface area contributed by atoms with Crippen molar-refractivity contribution in [1.82, 2.24) is 0 Å². The van der Waals surface area contributed by atoms with Crippen molar-refractivity contribution in [1.29, 1.82) is 0 Å². The molecule has 0 aliphatic heterocycles. The van der Waals surface area contributed by atoms with Gasteiger partial charge in [0.15, 0.2) is 0 Å². The molecule has 0 saturated heterocycles. The van der Waals surface area contributed by atoms with Crippen LogP contribution >= 0.6 is 0 Å². The third kappa shape index (κ3) is 11.4. The van der Waals surface area contributed by atoms with Crippen LogP contribution in [0.25, 0.3) is 43.8 Å². The fourth-order valence-electron chi connectivity index (χ4n) is 6.33. The topological polar surface area (TPSA) is 0 Å². The average Bonchev–Trinajstić information content (AvgIpc) is 3.72. The summed E-state index contributed by atoms with van der Waals surface area (Å²) in [6.45, 7) is 17.8. The molecular formula is C45H54Cl2SiZr-2. The van der Waals surface area contributed by atoms with Crippen LogP contribution in [-0.4, -0.2) is 5.43 Å². The summed E-state index contributed by atoms with van der Waals surface area (Å²) in [5, 5.41) is 5.57. The quantitative estimate of drug-likeness (QED) is 0.106. The minimum absolute atomic E-state index is 0. The zero-order valence-electron chi connectivity index (χ0n) is 30.9. The molecule has 0 spiro atoms. The summed E-state index contributed by atoms with van der Waals surface area (Å²) in [6.07, 6.45) is 5.84. The van der Waals surface area contributed by atoms with Gasteiger partial charge in [-0.2, -0.15) is 12.1 Å². The fraction of sp³-hybridized carbons (Fsp3) is 0.333. The summed E-state index contributed by atoms with van der Waals surface area (Å²) in [7, 11) is 0. The zero-order valence-corrected chi connectivity index (χ0v) is 35.9. The van der Waals surface area contributed by atoms with Crippen molar-refractivity contribution in [3.8, 4) is 22.3 Å². The molecular weight excluding hydrogens is 731 g/mol. The molecule has 0 nitrogen and oxygen atoms in total. The van der Waals surface area contributed by atoms with Gasteiger partial charge in [-0.05, 0) is 41.5 Å². The number of hydrogen-bond acceptors (Lipinski definition) is 0. The summed E-state index contributed by atoms with van der Waals surface area (Å²) < 4.78 is 0. The minimum atomic E-state index is 0. The van der Waals surface area contributed by atoms with Crippen LogP contribution in [0.15, 0.2) is 97.1 Å². The maximum Gasteiger partial charge on any atom is -1.00 e. The van der Waals surface area contributed by atoms with Gasteiger partial charge < -0.3 is 24.8 Å². The SMILES string of the molecule is CCCc1ccc(-c2ccc(C)c3[cH-]c(C)cc23)cc1.CCCc1ccc(-c2ccc(C)c3[cH-]c(CC)cc23)cc1.CC[Si](=[Zr+2])CC.[Cl-].[Cl-]. The van der Waals surface area contributed by atoms with Crippen LogP contribution in [0.1, 0.15) is 80.8 Å². The summed E-state index contributed by atoms with van der Waals surface area (Å²) >= 11 is 1.80. The van der Waals surface area contributed by atoms with E-state index >= 15 is 0 Å². The van der Waals surface area contributed by atoms with E-state index in [2.05, 4.69) is 152 Å². The Morgan fingerprint density at radius 3 is 1.37 bits per heavy atom. The number of hydrogen-bond donors (Lipinski definition) is 0. The third-order valence-corrected chi connectivity index (χ3v) is 16.2. The summed E-state index contributed by atoms with van der Waals surface area (Å²) in [5.41, 5.74) is 13.9. The van der Waals surface area contributed by atoms with E-state index in [0.717, 1.165) is 6.42 Å². The Hall–Kier alpha value is -2.22. The largest absolute Gasteiger partial charge is 1.00 e. The van der Waals surface area contributed by atoms with E-state index in [4.69, 9.17) is 0 Å². The predicted octanol–water partition coefficient (Wildman–Crippen LogP) is 7.42. The second-order valence-corrected chi connectivity index (χ2v) is 20.8. The molecule has 0 heterocycles. The molecule has 6 aromatic rings. The van der Waals surface area contributed by atoms with Crippen molar-refractivity contribution < 1.29 is 48.1 Å². The van der Waals surface area contributed by atoms with Crippen LogP contribution in [0, 0.1) is 20.8 Å². The second kappa shape index (κ2) is 21.2. The van der Waals surface area contributed by atoms with Gasteiger partial charge in [-0.3, -0.25) is 0 Å². The van der Waals surface area contributed by atoms with Gasteiger partial charge in [-0.25, -0.2) is 0 Å². The van der Waals surface area contributed by atoms with E-state index in [1.165, 1.54) is 115 Å². The Kier molecular flexibility index (Phi) is 18.6. The molecule has 0 aliphatic carbocycles. The Labute approximate surface area is 325 Å². The first-order valence-corrected chi connectivity index (χ1v) is 23.4. The smallest absolute Gasteiger partial charge is 1.00 e. The van der Waals surface area contributed by atoms with Crippen molar-refractivity contribution in [3.05, 3.63) is 130 Å². The molecule has 0 amide bonds. The van der Waals surface area contributed by atoms with Gasteiger partial charge in [-0.1, -0.05) is 126 Å². The first-order chi connectivity index (χ1) is 22.7. The van der Waals surface area contributed by atoms with Crippen molar-refractivity contribution in [2.75, 3.05) is 0 Å². The predicted molar refractivity (Wildman–Crippen MR) is 208 cm³/mol. The summed E-state index contributed by atoms with van der Waals surface area (Å²) in [5.74, 6) is 0. The van der Waals surface area contributed by atoms with Crippen molar-refractivity contribution >= 4 is 27.0 Å². The molecule has 49 heavy (non-hydrogen) atoms. The number of aryl methyl sites for hydroxylation is 6. The standard InChI is InChI=1S/C21H23.C20H21.C4H10Si.2ClH.Zr/c1-4-6-17-8-10-18(11-9-17)19-12-7-15(3)20-13-16(5-2)14-21(19)20;1-4-5-16-7-9-17(10-8-16)18-11-6-15(3)19-12-14(2)13-20(18)19;1-3-5-4-2;;;/h7-14H,4-6H2,1-3H3;6-13H,4-5H2,1-3H3;3-4H2,1-2H3;2*1H;/q2*-1;;;;+2/p-2.